The molecule has 6 heteroatoms. The van der Waals surface area contributed by atoms with Crippen molar-refractivity contribution in [2.75, 3.05) is 20.2 Å². The van der Waals surface area contributed by atoms with Crippen molar-refractivity contribution in [2.45, 2.75) is 50.4 Å². The van der Waals surface area contributed by atoms with E-state index in [0.717, 1.165) is 24.8 Å². The number of likely N-dealkylation sites (N-methyl/N-ethyl adjacent to an activating group) is 1. The first kappa shape index (κ1) is 19.6. The molecule has 0 bridgehead atoms. The fraction of sp³-hybridized carbons (Fsp3) is 0.579. The van der Waals surface area contributed by atoms with E-state index in [4.69, 9.17) is 4.74 Å². The summed E-state index contributed by atoms with van der Waals surface area (Å²) in [6.07, 6.45) is 3.12. The summed E-state index contributed by atoms with van der Waals surface area (Å²) in [5.41, 5.74) is 1.06. The van der Waals surface area contributed by atoms with Crippen LogP contribution in [-0.2, 0) is 16.1 Å². The number of nitrogens with zero attached hydrogens (tertiary/aromatic N) is 2. The Hall–Kier alpha value is -1.69. The summed E-state index contributed by atoms with van der Waals surface area (Å²) >= 11 is 4.47. The van der Waals surface area contributed by atoms with Crippen molar-refractivity contribution in [1.29, 1.82) is 0 Å². The molecule has 0 saturated carbocycles. The largest absolute Gasteiger partial charge is 0.449 e. The number of amides is 2. The van der Waals surface area contributed by atoms with E-state index in [0.29, 0.717) is 26.1 Å². The summed E-state index contributed by atoms with van der Waals surface area (Å²) in [6, 6.07) is 9.33. The van der Waals surface area contributed by atoms with Gasteiger partial charge in [0.2, 0.25) is 5.91 Å². The van der Waals surface area contributed by atoms with Gasteiger partial charge in [0.25, 0.3) is 0 Å². The topological polar surface area (TPSA) is 49.9 Å². The predicted octanol–water partition coefficient (Wildman–Crippen LogP) is 3.34. The summed E-state index contributed by atoms with van der Waals surface area (Å²) in [5, 5.41) is 0.00210. The molecule has 0 aromatic heterocycles. The first-order valence-electron chi connectivity index (χ1n) is 8.93. The van der Waals surface area contributed by atoms with Crippen molar-refractivity contribution in [2.24, 2.45) is 0 Å². The van der Waals surface area contributed by atoms with E-state index >= 15 is 0 Å². The Morgan fingerprint density at radius 2 is 2.00 bits per heavy atom. The monoisotopic (exact) mass is 364 g/mol. The third-order valence-electron chi connectivity index (χ3n) is 4.41. The standard InChI is InChI=1S/C19H28N2O3S/c1-3-4-8-11-24-19(23)21-14-16(25)12-17(21)18(22)20(2)13-15-9-6-5-7-10-15/h5-7,9-10,16-17,25H,3-4,8,11-14H2,1-2H3/t16-,17+/m1/s1. The molecule has 0 radical (unpaired) electrons. The molecule has 2 amide bonds. The molecule has 1 aromatic carbocycles. The van der Waals surface area contributed by atoms with Gasteiger partial charge in [-0.1, -0.05) is 50.1 Å². The maximum Gasteiger partial charge on any atom is 0.410 e. The fourth-order valence-electron chi connectivity index (χ4n) is 3.03. The highest BCUT2D eigenvalue weighted by Gasteiger charge is 2.40. The Bertz CT molecular complexity index is 567. The van der Waals surface area contributed by atoms with E-state index < -0.39 is 12.1 Å². The average molecular weight is 365 g/mol. The average Bonchev–Trinajstić information content (AvgIpc) is 3.00. The third-order valence-corrected chi connectivity index (χ3v) is 4.78. The van der Waals surface area contributed by atoms with Gasteiger partial charge in [0.15, 0.2) is 0 Å². The minimum absolute atomic E-state index is 0.00210. The second-order valence-corrected chi connectivity index (χ2v) is 7.29. The van der Waals surface area contributed by atoms with Crippen LogP contribution in [0.15, 0.2) is 30.3 Å². The Kier molecular flexibility index (Phi) is 7.62. The maximum atomic E-state index is 12.8. The lowest BCUT2D eigenvalue weighted by molar-refractivity contribution is -0.134. The number of rotatable bonds is 7. The van der Waals surface area contributed by atoms with Gasteiger partial charge in [0.1, 0.15) is 6.04 Å². The van der Waals surface area contributed by atoms with Crippen LogP contribution < -0.4 is 0 Å². The number of likely N-dealkylation sites (tertiary alicyclic amines) is 1. The molecule has 1 saturated heterocycles. The van der Waals surface area contributed by atoms with E-state index in [-0.39, 0.29) is 11.2 Å². The molecular weight excluding hydrogens is 336 g/mol. The number of hydrogen-bond acceptors (Lipinski definition) is 4. The summed E-state index contributed by atoms with van der Waals surface area (Å²) in [7, 11) is 1.77. The molecule has 2 atom stereocenters. The van der Waals surface area contributed by atoms with Crippen LogP contribution in [0.25, 0.3) is 0 Å². The van der Waals surface area contributed by atoms with Crippen molar-refractivity contribution in [3.8, 4) is 0 Å². The highest BCUT2D eigenvalue weighted by atomic mass is 32.1. The molecule has 0 unspecified atom stereocenters. The lowest BCUT2D eigenvalue weighted by atomic mass is 10.1. The van der Waals surface area contributed by atoms with Gasteiger partial charge in [-0.2, -0.15) is 12.6 Å². The molecule has 5 nitrogen and oxygen atoms in total. The molecule has 0 spiro atoms. The molecule has 1 aliphatic heterocycles. The van der Waals surface area contributed by atoms with Crippen LogP contribution in [0.5, 0.6) is 0 Å². The molecule has 1 fully saturated rings. The van der Waals surface area contributed by atoms with Crippen LogP contribution in [0.4, 0.5) is 4.79 Å². The molecule has 1 heterocycles. The van der Waals surface area contributed by atoms with Crippen molar-refractivity contribution in [3.63, 3.8) is 0 Å². The van der Waals surface area contributed by atoms with Gasteiger partial charge >= 0.3 is 6.09 Å². The summed E-state index contributed by atoms with van der Waals surface area (Å²) in [6.45, 7) is 3.48. The smallest absolute Gasteiger partial charge is 0.410 e. The zero-order valence-electron chi connectivity index (χ0n) is 15.1. The van der Waals surface area contributed by atoms with Gasteiger partial charge < -0.3 is 9.64 Å². The van der Waals surface area contributed by atoms with Crippen molar-refractivity contribution in [1.82, 2.24) is 9.80 Å². The van der Waals surface area contributed by atoms with Crippen LogP contribution in [0.1, 0.15) is 38.2 Å². The minimum atomic E-state index is -0.491. The molecule has 1 aliphatic rings. The van der Waals surface area contributed by atoms with Gasteiger partial charge in [0.05, 0.1) is 6.61 Å². The van der Waals surface area contributed by atoms with E-state index in [9.17, 15) is 9.59 Å². The lowest BCUT2D eigenvalue weighted by Crippen LogP contribution is -2.46. The van der Waals surface area contributed by atoms with Crippen LogP contribution in [0, 0.1) is 0 Å². The summed E-state index contributed by atoms with van der Waals surface area (Å²) in [5.74, 6) is -0.0640. The Morgan fingerprint density at radius 1 is 1.28 bits per heavy atom. The Balaban J connectivity index is 1.94. The molecule has 0 N–H and O–H groups in total. The fourth-order valence-corrected chi connectivity index (χ4v) is 3.41. The zero-order valence-corrected chi connectivity index (χ0v) is 16.0. The Morgan fingerprint density at radius 3 is 2.68 bits per heavy atom. The zero-order chi connectivity index (χ0) is 18.2. The van der Waals surface area contributed by atoms with Crippen LogP contribution in [0.3, 0.4) is 0 Å². The molecule has 25 heavy (non-hydrogen) atoms. The highest BCUT2D eigenvalue weighted by Crippen LogP contribution is 2.24. The number of thiol groups is 1. The van der Waals surface area contributed by atoms with E-state index in [1.54, 1.807) is 11.9 Å². The number of carbonyl (C=O) groups is 2. The van der Waals surface area contributed by atoms with Gasteiger partial charge in [-0.15, -0.1) is 0 Å². The number of unbranched alkanes of at least 4 members (excludes halogenated alkanes) is 2. The summed E-state index contributed by atoms with van der Waals surface area (Å²) in [4.78, 5) is 28.4. The lowest BCUT2D eigenvalue weighted by Gasteiger charge is -2.27. The minimum Gasteiger partial charge on any atom is -0.449 e. The second kappa shape index (κ2) is 9.70. The van der Waals surface area contributed by atoms with Gasteiger partial charge in [-0.05, 0) is 18.4 Å². The predicted molar refractivity (Wildman–Crippen MR) is 102 cm³/mol. The maximum absolute atomic E-state index is 12.8. The van der Waals surface area contributed by atoms with Crippen molar-refractivity contribution < 1.29 is 14.3 Å². The summed E-state index contributed by atoms with van der Waals surface area (Å²) < 4.78 is 5.34. The van der Waals surface area contributed by atoms with Gasteiger partial charge in [0, 0.05) is 25.4 Å². The van der Waals surface area contributed by atoms with Crippen molar-refractivity contribution >= 4 is 24.6 Å². The molecule has 138 valence electrons. The molecule has 1 aromatic rings. The first-order chi connectivity index (χ1) is 12.0. The Labute approximate surface area is 155 Å². The quantitative estimate of drug-likeness (QED) is 0.596. The van der Waals surface area contributed by atoms with Crippen molar-refractivity contribution in [3.05, 3.63) is 35.9 Å². The van der Waals surface area contributed by atoms with Crippen LogP contribution in [-0.4, -0.2) is 53.3 Å². The number of hydrogen-bond donors (Lipinski definition) is 1. The normalized spacial score (nSPS) is 19.7. The first-order valence-corrected chi connectivity index (χ1v) is 9.45. The number of ether oxygens (including phenoxy) is 1. The number of benzene rings is 1. The van der Waals surface area contributed by atoms with E-state index in [1.165, 1.54) is 4.90 Å². The van der Waals surface area contributed by atoms with Gasteiger partial charge in [-0.3, -0.25) is 9.69 Å². The van der Waals surface area contributed by atoms with Crippen LogP contribution in [0.2, 0.25) is 0 Å². The SMILES string of the molecule is CCCCCOC(=O)N1C[C@H](S)C[C@H]1C(=O)N(C)Cc1ccccc1. The third kappa shape index (κ3) is 5.66. The molecular formula is C19H28N2O3S. The molecule has 2 rings (SSSR count). The molecule has 0 aliphatic carbocycles. The number of carbonyl (C=O) groups excluding carboxylic acids is 2. The second-order valence-electron chi connectivity index (χ2n) is 6.56. The van der Waals surface area contributed by atoms with Crippen LogP contribution >= 0.6 is 12.6 Å². The van der Waals surface area contributed by atoms with E-state index in [2.05, 4.69) is 19.6 Å². The van der Waals surface area contributed by atoms with E-state index in [1.807, 2.05) is 30.3 Å². The highest BCUT2D eigenvalue weighted by molar-refractivity contribution is 7.81. The van der Waals surface area contributed by atoms with Gasteiger partial charge in [-0.25, -0.2) is 4.79 Å².